The Balaban J connectivity index is 4.29. The molecule has 0 fully saturated rings. The van der Waals surface area contributed by atoms with Gasteiger partial charge in [0.05, 0.1) is 34.4 Å². The maximum absolute atomic E-state index is 12.8. The second-order valence-electron chi connectivity index (χ2n) is 18.1. The van der Waals surface area contributed by atoms with E-state index in [9.17, 15) is 19.5 Å². The van der Waals surface area contributed by atoms with Crippen molar-refractivity contribution < 1.29 is 42.9 Å². The smallest absolute Gasteiger partial charge is 0.361 e. The first-order valence-corrected chi connectivity index (χ1v) is 25.5. The minimum absolute atomic E-state index is 0.184. The van der Waals surface area contributed by atoms with Crippen LogP contribution >= 0.6 is 0 Å². The third kappa shape index (κ3) is 46.8. The van der Waals surface area contributed by atoms with E-state index in [1.807, 2.05) is 21.1 Å². The van der Waals surface area contributed by atoms with E-state index in [2.05, 4.69) is 74.6 Å². The van der Waals surface area contributed by atoms with Crippen molar-refractivity contribution in [2.75, 3.05) is 47.5 Å². The Hall–Kier alpha value is -3.01. The Morgan fingerprint density at radius 3 is 1.37 bits per heavy atom. The molecule has 0 aliphatic heterocycles. The monoisotopic (exact) mass is 887 g/mol. The first kappa shape index (κ1) is 60.0. The zero-order valence-electron chi connectivity index (χ0n) is 41.2. The number of hydrogen-bond donors (Lipinski definition) is 1. The summed E-state index contributed by atoms with van der Waals surface area (Å²) >= 11 is 0. The van der Waals surface area contributed by atoms with Crippen molar-refractivity contribution >= 4 is 17.9 Å². The van der Waals surface area contributed by atoms with Gasteiger partial charge in [-0.3, -0.25) is 9.59 Å². The summed E-state index contributed by atoms with van der Waals surface area (Å²) in [4.78, 5) is 37.2. The second-order valence-corrected chi connectivity index (χ2v) is 18.1. The van der Waals surface area contributed by atoms with Crippen molar-refractivity contribution in [2.24, 2.45) is 0 Å². The van der Waals surface area contributed by atoms with Crippen molar-refractivity contribution in [3.05, 3.63) is 60.8 Å². The second kappa shape index (κ2) is 45.6. The molecular formula is C54H96NO8+. The molecule has 0 saturated heterocycles. The topological polar surface area (TPSA) is 108 Å². The molecule has 2 atom stereocenters. The van der Waals surface area contributed by atoms with Gasteiger partial charge in [0.2, 0.25) is 0 Å². The molecular weight excluding hydrogens is 791 g/mol. The number of esters is 2. The van der Waals surface area contributed by atoms with Crippen LogP contribution < -0.4 is 0 Å². The van der Waals surface area contributed by atoms with Gasteiger partial charge in [0.15, 0.2) is 6.10 Å². The molecule has 0 heterocycles. The maximum atomic E-state index is 12.8. The van der Waals surface area contributed by atoms with Gasteiger partial charge in [-0.15, -0.1) is 0 Å². The number of quaternary nitrogens is 1. The fourth-order valence-electron chi connectivity index (χ4n) is 6.82. The number of carbonyl (C=O) groups is 3. The number of allylic oxidation sites excluding steroid dienone is 10. The van der Waals surface area contributed by atoms with Crippen molar-refractivity contribution in [2.45, 2.75) is 219 Å². The van der Waals surface area contributed by atoms with Crippen LogP contribution in [0.4, 0.5) is 0 Å². The van der Waals surface area contributed by atoms with E-state index < -0.39 is 24.3 Å². The lowest BCUT2D eigenvalue weighted by atomic mass is 10.0. The molecule has 0 bridgehead atoms. The van der Waals surface area contributed by atoms with Crippen molar-refractivity contribution in [1.29, 1.82) is 0 Å². The number of nitrogens with zero attached hydrogens (tertiary/aromatic N) is 1. The van der Waals surface area contributed by atoms with Gasteiger partial charge in [0.1, 0.15) is 13.2 Å². The predicted molar refractivity (Wildman–Crippen MR) is 263 cm³/mol. The van der Waals surface area contributed by atoms with E-state index in [1.165, 1.54) is 89.9 Å². The molecule has 0 aliphatic rings. The molecule has 9 nitrogen and oxygen atoms in total. The highest BCUT2D eigenvalue weighted by Crippen LogP contribution is 2.15. The third-order valence-corrected chi connectivity index (χ3v) is 10.8. The average Bonchev–Trinajstić information content (AvgIpc) is 3.24. The van der Waals surface area contributed by atoms with Crippen LogP contribution in [0.2, 0.25) is 0 Å². The minimum atomic E-state index is -1.51. The fourth-order valence-corrected chi connectivity index (χ4v) is 6.82. The van der Waals surface area contributed by atoms with Gasteiger partial charge >= 0.3 is 17.9 Å². The summed E-state index contributed by atoms with van der Waals surface area (Å²) in [5, 5.41) is 9.66. The molecule has 0 radical (unpaired) electrons. The molecule has 2 unspecified atom stereocenters. The van der Waals surface area contributed by atoms with Gasteiger partial charge in [-0.25, -0.2) is 4.79 Å². The zero-order chi connectivity index (χ0) is 46.3. The summed E-state index contributed by atoms with van der Waals surface area (Å²) in [6.07, 6.45) is 52.8. The Morgan fingerprint density at radius 1 is 0.492 bits per heavy atom. The van der Waals surface area contributed by atoms with E-state index in [1.54, 1.807) is 0 Å². The highest BCUT2D eigenvalue weighted by atomic mass is 16.7. The van der Waals surface area contributed by atoms with E-state index in [-0.39, 0.29) is 32.2 Å². The standard InChI is InChI=1S/C54H95NO8/c1-6-8-10-12-14-16-18-20-21-22-23-24-25-26-27-28-29-30-31-33-35-37-39-41-43-45-52(57)63-50(49-62-54(53(58)59)60-47-46-55(3,4)5)48-61-51(56)44-42-40-38-36-34-32-19-17-15-13-11-9-7-2/h8,10,14,16-17,19-21,23-24,50,54H,6-7,9,11-13,15,18,22,25-49H2,1-5H3/p+1/b10-8-,16-14-,19-17-,21-20-,24-23-. The molecule has 9 heteroatoms. The van der Waals surface area contributed by atoms with Crippen LogP contribution in [0.5, 0.6) is 0 Å². The highest BCUT2D eigenvalue weighted by Gasteiger charge is 2.25. The summed E-state index contributed by atoms with van der Waals surface area (Å²) in [7, 11) is 5.95. The first-order valence-electron chi connectivity index (χ1n) is 25.5. The molecule has 364 valence electrons. The van der Waals surface area contributed by atoms with Gasteiger partial charge in [-0.2, -0.15) is 0 Å². The van der Waals surface area contributed by atoms with E-state index in [0.717, 1.165) is 83.5 Å². The van der Waals surface area contributed by atoms with E-state index >= 15 is 0 Å². The third-order valence-electron chi connectivity index (χ3n) is 10.8. The number of unbranched alkanes of at least 4 members (excludes halogenated alkanes) is 21. The summed E-state index contributed by atoms with van der Waals surface area (Å²) in [6, 6.07) is 0. The van der Waals surface area contributed by atoms with Gasteiger partial charge in [0, 0.05) is 12.8 Å². The van der Waals surface area contributed by atoms with Crippen LogP contribution in [0.1, 0.15) is 206 Å². The van der Waals surface area contributed by atoms with Gasteiger partial charge < -0.3 is 28.5 Å². The van der Waals surface area contributed by atoms with Crippen LogP contribution in [0.15, 0.2) is 60.8 Å². The molecule has 0 aromatic rings. The molecule has 0 spiro atoms. The zero-order valence-corrected chi connectivity index (χ0v) is 41.2. The lowest BCUT2D eigenvalue weighted by Crippen LogP contribution is -2.40. The van der Waals surface area contributed by atoms with Crippen LogP contribution in [-0.4, -0.2) is 87.4 Å². The number of rotatable bonds is 46. The van der Waals surface area contributed by atoms with Gasteiger partial charge in [0.25, 0.3) is 6.29 Å². The lowest BCUT2D eigenvalue weighted by molar-refractivity contribution is -0.870. The normalized spacial score (nSPS) is 13.3. The Bertz CT molecular complexity index is 1220. The average molecular weight is 887 g/mol. The molecule has 0 aromatic carbocycles. The molecule has 0 amide bonds. The summed E-state index contributed by atoms with van der Waals surface area (Å²) in [6.45, 7) is 4.73. The molecule has 63 heavy (non-hydrogen) atoms. The van der Waals surface area contributed by atoms with E-state index in [4.69, 9.17) is 18.9 Å². The quantitative estimate of drug-likeness (QED) is 0.0212. The van der Waals surface area contributed by atoms with E-state index in [0.29, 0.717) is 23.9 Å². The number of likely N-dealkylation sites (N-methyl/N-ethyl adjacent to an activating group) is 1. The predicted octanol–water partition coefficient (Wildman–Crippen LogP) is 14.1. The van der Waals surface area contributed by atoms with Crippen molar-refractivity contribution in [3.8, 4) is 0 Å². The summed E-state index contributed by atoms with van der Waals surface area (Å²) in [5.41, 5.74) is 0. The van der Waals surface area contributed by atoms with Gasteiger partial charge in [-0.05, 0) is 77.0 Å². The van der Waals surface area contributed by atoms with Gasteiger partial charge in [-0.1, -0.05) is 177 Å². The minimum Gasteiger partial charge on any atom is -0.477 e. The number of carbonyl (C=O) groups excluding carboxylic acids is 2. The first-order chi connectivity index (χ1) is 30.6. The summed E-state index contributed by atoms with van der Waals surface area (Å²) < 4.78 is 22.8. The number of aliphatic carboxylic acids is 1. The Kier molecular flexibility index (Phi) is 43.4. The molecule has 1 N–H and O–H groups in total. The van der Waals surface area contributed by atoms with Crippen LogP contribution in [0.3, 0.4) is 0 Å². The van der Waals surface area contributed by atoms with Crippen LogP contribution in [0.25, 0.3) is 0 Å². The number of carboxylic acids is 1. The Morgan fingerprint density at radius 2 is 0.905 bits per heavy atom. The van der Waals surface area contributed by atoms with Crippen molar-refractivity contribution in [3.63, 3.8) is 0 Å². The molecule has 0 rings (SSSR count). The van der Waals surface area contributed by atoms with Crippen LogP contribution in [-0.2, 0) is 33.3 Å². The molecule has 0 aromatic heterocycles. The SMILES string of the molecule is CC/C=C\C/C=C\C/C=C\C/C=C\CCCCCCCCCCCCCCC(=O)OC(COC(=O)CCCCCCC/C=C\CCCCCC)COC(OCC[N+](C)(C)C)C(=O)O. The number of hydrogen-bond acceptors (Lipinski definition) is 7. The molecule has 0 saturated carbocycles. The van der Waals surface area contributed by atoms with Crippen molar-refractivity contribution in [1.82, 2.24) is 0 Å². The lowest BCUT2D eigenvalue weighted by Gasteiger charge is -2.25. The fraction of sp³-hybridized carbons (Fsp3) is 0.759. The maximum Gasteiger partial charge on any atom is 0.361 e. The number of carboxylic acid groups (broad SMARTS) is 1. The number of ether oxygens (including phenoxy) is 4. The largest absolute Gasteiger partial charge is 0.477 e. The molecule has 0 aliphatic carbocycles. The Labute approximate surface area is 386 Å². The summed E-state index contributed by atoms with van der Waals surface area (Å²) in [5.74, 6) is -2.02. The van der Waals surface area contributed by atoms with Crippen LogP contribution in [0, 0.1) is 0 Å². The highest BCUT2D eigenvalue weighted by molar-refractivity contribution is 5.71.